The molecule has 15 heavy (non-hydrogen) atoms. The molecule has 82 valence electrons. The maximum absolute atomic E-state index is 4.13. The van der Waals surface area contributed by atoms with Gasteiger partial charge in [-0.25, -0.2) is 0 Å². The van der Waals surface area contributed by atoms with Crippen molar-refractivity contribution in [1.82, 2.24) is 25.2 Å². The number of aryl methyl sites for hydroxylation is 1. The van der Waals surface area contributed by atoms with Crippen molar-refractivity contribution in [2.24, 2.45) is 18.9 Å². The molecule has 0 saturated carbocycles. The monoisotopic (exact) mass is 207 g/mol. The molecule has 5 nitrogen and oxygen atoms in total. The summed E-state index contributed by atoms with van der Waals surface area (Å²) in [6.45, 7) is 5.78. The molecule has 1 aromatic rings. The molecule has 0 spiro atoms. The molecule has 2 aliphatic heterocycles. The standard InChI is InChI=1S/C10H17N5/c1-14-6-10(12-13-14)7-15-4-8-2-11-3-9(8)5-15/h6,8-9,11H,2-5,7H2,1H3. The zero-order valence-electron chi connectivity index (χ0n) is 9.06. The minimum atomic E-state index is 0.863. The highest BCUT2D eigenvalue weighted by Gasteiger charge is 2.35. The highest BCUT2D eigenvalue weighted by molar-refractivity contribution is 4.97. The highest BCUT2D eigenvalue weighted by atomic mass is 15.4. The van der Waals surface area contributed by atoms with Crippen molar-refractivity contribution < 1.29 is 0 Å². The van der Waals surface area contributed by atoms with Gasteiger partial charge < -0.3 is 5.32 Å². The van der Waals surface area contributed by atoms with Crippen LogP contribution in [0.3, 0.4) is 0 Å². The summed E-state index contributed by atoms with van der Waals surface area (Å²) >= 11 is 0. The normalized spacial score (nSPS) is 31.0. The van der Waals surface area contributed by atoms with E-state index in [0.717, 1.165) is 24.1 Å². The third kappa shape index (κ3) is 1.77. The fourth-order valence-electron chi connectivity index (χ4n) is 2.78. The van der Waals surface area contributed by atoms with Gasteiger partial charge in [0, 0.05) is 32.9 Å². The molecule has 5 heteroatoms. The number of hydrogen-bond donors (Lipinski definition) is 1. The first kappa shape index (κ1) is 9.30. The van der Waals surface area contributed by atoms with Crippen LogP contribution in [-0.4, -0.2) is 46.1 Å². The molecule has 0 aliphatic carbocycles. The molecule has 3 heterocycles. The number of hydrogen-bond acceptors (Lipinski definition) is 4. The SMILES string of the molecule is Cn1cc(CN2CC3CNCC3C2)nn1. The first-order valence-corrected chi connectivity index (χ1v) is 5.59. The topological polar surface area (TPSA) is 46.0 Å². The molecular formula is C10H17N5. The second-order valence-corrected chi connectivity index (χ2v) is 4.76. The van der Waals surface area contributed by atoms with E-state index < -0.39 is 0 Å². The Labute approximate surface area is 89.4 Å². The lowest BCUT2D eigenvalue weighted by atomic mass is 10.0. The first-order chi connectivity index (χ1) is 7.31. The summed E-state index contributed by atoms with van der Waals surface area (Å²) < 4.78 is 1.77. The van der Waals surface area contributed by atoms with Gasteiger partial charge in [-0.1, -0.05) is 5.21 Å². The summed E-state index contributed by atoms with van der Waals surface area (Å²) in [4.78, 5) is 2.50. The van der Waals surface area contributed by atoms with Gasteiger partial charge in [0.05, 0.1) is 5.69 Å². The van der Waals surface area contributed by atoms with Crippen molar-refractivity contribution in [2.75, 3.05) is 26.2 Å². The minimum Gasteiger partial charge on any atom is -0.316 e. The fourth-order valence-corrected chi connectivity index (χ4v) is 2.78. The second-order valence-electron chi connectivity index (χ2n) is 4.76. The van der Waals surface area contributed by atoms with Crippen molar-refractivity contribution >= 4 is 0 Å². The largest absolute Gasteiger partial charge is 0.316 e. The smallest absolute Gasteiger partial charge is 0.0967 e. The molecule has 2 fully saturated rings. The molecular weight excluding hydrogens is 190 g/mol. The lowest BCUT2D eigenvalue weighted by molar-refractivity contribution is 0.302. The Kier molecular flexibility index (Phi) is 2.21. The van der Waals surface area contributed by atoms with Gasteiger partial charge in [-0.2, -0.15) is 0 Å². The average Bonchev–Trinajstić information content (AvgIpc) is 2.81. The second kappa shape index (κ2) is 3.57. The third-order valence-electron chi connectivity index (χ3n) is 3.50. The van der Waals surface area contributed by atoms with Crippen LogP contribution in [0, 0.1) is 11.8 Å². The molecule has 3 rings (SSSR count). The molecule has 0 aromatic carbocycles. The Hall–Kier alpha value is -0.940. The van der Waals surface area contributed by atoms with Crippen LogP contribution in [-0.2, 0) is 13.6 Å². The van der Waals surface area contributed by atoms with E-state index in [1.807, 2.05) is 13.2 Å². The summed E-state index contributed by atoms with van der Waals surface area (Å²) in [5.41, 5.74) is 1.09. The van der Waals surface area contributed by atoms with E-state index in [2.05, 4.69) is 20.5 Å². The summed E-state index contributed by atoms with van der Waals surface area (Å²) in [6.07, 6.45) is 2.01. The molecule has 0 amide bonds. The highest BCUT2D eigenvalue weighted by Crippen LogP contribution is 2.26. The van der Waals surface area contributed by atoms with Crippen molar-refractivity contribution in [2.45, 2.75) is 6.54 Å². The molecule has 2 aliphatic rings. The molecule has 2 unspecified atom stereocenters. The van der Waals surface area contributed by atoms with Crippen LogP contribution in [0.15, 0.2) is 6.20 Å². The molecule has 1 aromatic heterocycles. The molecule has 1 N–H and O–H groups in total. The maximum Gasteiger partial charge on any atom is 0.0967 e. The van der Waals surface area contributed by atoms with Gasteiger partial charge in [0.15, 0.2) is 0 Å². The summed E-state index contributed by atoms with van der Waals surface area (Å²) in [5, 5.41) is 11.5. The van der Waals surface area contributed by atoms with Gasteiger partial charge >= 0.3 is 0 Å². The minimum absolute atomic E-state index is 0.863. The van der Waals surface area contributed by atoms with Crippen LogP contribution in [0.5, 0.6) is 0 Å². The van der Waals surface area contributed by atoms with Gasteiger partial charge in [0.25, 0.3) is 0 Å². The van der Waals surface area contributed by atoms with Gasteiger partial charge in [-0.15, -0.1) is 5.10 Å². The lowest BCUT2D eigenvalue weighted by Crippen LogP contribution is -2.25. The van der Waals surface area contributed by atoms with E-state index in [9.17, 15) is 0 Å². The molecule has 2 saturated heterocycles. The van der Waals surface area contributed by atoms with Gasteiger partial charge in [0.1, 0.15) is 0 Å². The predicted molar refractivity (Wildman–Crippen MR) is 56.1 cm³/mol. The Morgan fingerprint density at radius 2 is 2.13 bits per heavy atom. The van der Waals surface area contributed by atoms with Crippen LogP contribution >= 0.6 is 0 Å². The predicted octanol–water partition coefficient (Wildman–Crippen LogP) is -0.534. The maximum atomic E-state index is 4.13. The first-order valence-electron chi connectivity index (χ1n) is 5.59. The zero-order valence-corrected chi connectivity index (χ0v) is 9.06. The van der Waals surface area contributed by atoms with Crippen molar-refractivity contribution in [3.05, 3.63) is 11.9 Å². The van der Waals surface area contributed by atoms with Crippen LogP contribution in [0.4, 0.5) is 0 Å². The fraction of sp³-hybridized carbons (Fsp3) is 0.800. The average molecular weight is 207 g/mol. The number of fused-ring (bicyclic) bond motifs is 1. The summed E-state index contributed by atoms with van der Waals surface area (Å²) in [6, 6.07) is 0. The van der Waals surface area contributed by atoms with Crippen LogP contribution in [0.1, 0.15) is 5.69 Å². The Morgan fingerprint density at radius 3 is 2.73 bits per heavy atom. The van der Waals surface area contributed by atoms with Gasteiger partial charge in [0.2, 0.25) is 0 Å². The molecule has 2 atom stereocenters. The summed E-state index contributed by atoms with van der Waals surface area (Å²) in [7, 11) is 1.92. The Bertz CT molecular complexity index is 335. The van der Waals surface area contributed by atoms with E-state index >= 15 is 0 Å². The van der Waals surface area contributed by atoms with E-state index in [1.165, 1.54) is 26.2 Å². The Morgan fingerprint density at radius 1 is 1.40 bits per heavy atom. The van der Waals surface area contributed by atoms with Gasteiger partial charge in [-0.3, -0.25) is 9.58 Å². The van der Waals surface area contributed by atoms with E-state index in [0.29, 0.717) is 0 Å². The number of nitrogens with zero attached hydrogens (tertiary/aromatic N) is 4. The number of rotatable bonds is 2. The zero-order chi connectivity index (χ0) is 10.3. The Balaban J connectivity index is 1.61. The van der Waals surface area contributed by atoms with E-state index in [4.69, 9.17) is 0 Å². The number of aromatic nitrogens is 3. The molecule has 0 radical (unpaired) electrons. The molecule has 0 bridgehead atoms. The van der Waals surface area contributed by atoms with Crippen molar-refractivity contribution in [1.29, 1.82) is 0 Å². The summed E-state index contributed by atoms with van der Waals surface area (Å²) in [5.74, 6) is 1.73. The number of likely N-dealkylation sites (tertiary alicyclic amines) is 1. The number of nitrogens with one attached hydrogen (secondary N) is 1. The van der Waals surface area contributed by atoms with Crippen LogP contribution in [0.25, 0.3) is 0 Å². The van der Waals surface area contributed by atoms with Gasteiger partial charge in [-0.05, 0) is 24.9 Å². The van der Waals surface area contributed by atoms with Crippen molar-refractivity contribution in [3.8, 4) is 0 Å². The lowest BCUT2D eigenvalue weighted by Gasteiger charge is -2.14. The van der Waals surface area contributed by atoms with Crippen LogP contribution in [0.2, 0.25) is 0 Å². The van der Waals surface area contributed by atoms with E-state index in [-0.39, 0.29) is 0 Å². The third-order valence-corrected chi connectivity index (χ3v) is 3.50. The quantitative estimate of drug-likeness (QED) is 0.708. The van der Waals surface area contributed by atoms with E-state index in [1.54, 1.807) is 4.68 Å². The van der Waals surface area contributed by atoms with Crippen LogP contribution < -0.4 is 5.32 Å². The van der Waals surface area contributed by atoms with Crippen molar-refractivity contribution in [3.63, 3.8) is 0 Å².